The van der Waals surface area contributed by atoms with E-state index in [1.165, 1.54) is 13.0 Å². The first-order valence-electron chi connectivity index (χ1n) is 10.4. The van der Waals surface area contributed by atoms with Crippen molar-refractivity contribution in [3.8, 4) is 5.75 Å². The molecule has 0 aliphatic carbocycles. The Balaban J connectivity index is 2.33. The van der Waals surface area contributed by atoms with Crippen LogP contribution in [-0.4, -0.2) is 33.2 Å². The molecule has 2 rings (SSSR count). The number of aromatic hydroxyl groups is 1. The topological polar surface area (TPSA) is 124 Å². The van der Waals surface area contributed by atoms with E-state index in [1.54, 1.807) is 24.3 Å². The average Bonchev–Trinajstić information content (AvgIpc) is 2.70. The van der Waals surface area contributed by atoms with Crippen LogP contribution in [0, 0.1) is 19.8 Å². The molecule has 0 radical (unpaired) electrons. The van der Waals surface area contributed by atoms with Gasteiger partial charge in [0.2, 0.25) is 0 Å². The molecule has 3 atom stereocenters. The summed E-state index contributed by atoms with van der Waals surface area (Å²) < 4.78 is 11.3. The van der Waals surface area contributed by atoms with Gasteiger partial charge in [0.05, 0.1) is 5.56 Å². The lowest BCUT2D eigenvalue weighted by molar-refractivity contribution is -0.139. The number of carboxylic acid groups (broad SMARTS) is 1. The van der Waals surface area contributed by atoms with Crippen molar-refractivity contribution in [1.82, 2.24) is 5.32 Å². The second kappa shape index (κ2) is 10.2. The van der Waals surface area contributed by atoms with Gasteiger partial charge in [0, 0.05) is 12.5 Å². The van der Waals surface area contributed by atoms with Gasteiger partial charge in [-0.05, 0) is 79.1 Å². The number of aliphatic carboxylic acids is 1. The number of benzene rings is 2. The van der Waals surface area contributed by atoms with Crippen molar-refractivity contribution in [2.75, 3.05) is 0 Å². The SMILES string of the molecule is Cc1cc(C(C)(O)[PH+]=O)cc(C)c1Cc1ccc(O)c(C(=O)NC(CC(C)C)C(=O)O)c1. The first kappa shape index (κ1) is 25.5. The van der Waals surface area contributed by atoms with E-state index >= 15 is 0 Å². The van der Waals surface area contributed by atoms with Gasteiger partial charge >= 0.3 is 14.4 Å². The molecule has 0 aromatic heterocycles. The number of hydrogen-bond acceptors (Lipinski definition) is 5. The van der Waals surface area contributed by atoms with E-state index in [-0.39, 0.29) is 23.7 Å². The highest BCUT2D eigenvalue weighted by Gasteiger charge is 2.32. The van der Waals surface area contributed by atoms with Crippen molar-refractivity contribution in [1.29, 1.82) is 0 Å². The summed E-state index contributed by atoms with van der Waals surface area (Å²) >= 11 is 0. The Bertz CT molecular complexity index is 1010. The predicted molar refractivity (Wildman–Crippen MR) is 124 cm³/mol. The van der Waals surface area contributed by atoms with E-state index in [0.717, 1.165) is 22.3 Å². The fourth-order valence-corrected chi connectivity index (χ4v) is 3.88. The average molecular weight is 460 g/mol. The molecular weight excluding hydrogens is 429 g/mol. The molecule has 4 N–H and O–H groups in total. The number of rotatable bonds is 9. The van der Waals surface area contributed by atoms with Gasteiger partial charge in [0.15, 0.2) is 0 Å². The van der Waals surface area contributed by atoms with E-state index < -0.39 is 31.7 Å². The lowest BCUT2D eigenvalue weighted by Gasteiger charge is -2.18. The first-order chi connectivity index (χ1) is 14.9. The fraction of sp³-hybridized carbons (Fsp3) is 0.417. The van der Waals surface area contributed by atoms with Crippen LogP contribution in [0.1, 0.15) is 65.4 Å². The molecule has 8 heteroatoms. The molecule has 2 aromatic rings. The third-order valence-electron chi connectivity index (χ3n) is 5.45. The number of nitrogens with one attached hydrogen (secondary N) is 1. The number of aryl methyl sites for hydroxylation is 2. The zero-order valence-corrected chi connectivity index (χ0v) is 20.0. The van der Waals surface area contributed by atoms with Gasteiger partial charge < -0.3 is 20.6 Å². The zero-order valence-electron chi connectivity index (χ0n) is 19.0. The minimum atomic E-state index is -1.42. The summed E-state index contributed by atoms with van der Waals surface area (Å²) in [6.45, 7) is 9.03. The normalized spacial score (nSPS) is 14.2. The molecule has 0 bridgehead atoms. The van der Waals surface area contributed by atoms with Crippen LogP contribution in [0.5, 0.6) is 5.75 Å². The minimum absolute atomic E-state index is 0.0138. The van der Waals surface area contributed by atoms with Crippen LogP contribution < -0.4 is 5.32 Å². The van der Waals surface area contributed by atoms with Crippen LogP contribution in [0.2, 0.25) is 0 Å². The van der Waals surface area contributed by atoms with E-state index in [1.807, 2.05) is 27.7 Å². The Labute approximate surface area is 189 Å². The number of carbonyl (C=O) groups excluding carboxylic acids is 1. The van der Waals surface area contributed by atoms with Crippen LogP contribution in [0.4, 0.5) is 0 Å². The summed E-state index contributed by atoms with van der Waals surface area (Å²) in [5.74, 6) is -1.92. The minimum Gasteiger partial charge on any atom is -0.507 e. The van der Waals surface area contributed by atoms with Gasteiger partial charge in [0.1, 0.15) is 11.8 Å². The Kier molecular flexibility index (Phi) is 8.16. The number of hydrogen-bond donors (Lipinski definition) is 4. The Morgan fingerprint density at radius 3 is 2.22 bits per heavy atom. The third kappa shape index (κ3) is 6.15. The second-order valence-corrected chi connectivity index (χ2v) is 9.96. The lowest BCUT2D eigenvalue weighted by atomic mass is 9.92. The lowest BCUT2D eigenvalue weighted by Crippen LogP contribution is -2.41. The predicted octanol–water partition coefficient (Wildman–Crippen LogP) is 4.02. The number of carbonyl (C=O) groups is 2. The number of aliphatic hydroxyl groups is 1. The van der Waals surface area contributed by atoms with Gasteiger partial charge in [-0.2, -0.15) is 0 Å². The molecule has 7 nitrogen and oxygen atoms in total. The fourth-order valence-electron chi connectivity index (χ4n) is 3.62. The van der Waals surface area contributed by atoms with Gasteiger partial charge in [0.25, 0.3) is 11.2 Å². The highest BCUT2D eigenvalue weighted by molar-refractivity contribution is 7.25. The Hall–Kier alpha value is -2.76. The van der Waals surface area contributed by atoms with Crippen LogP contribution >= 0.6 is 8.46 Å². The quantitative estimate of drug-likeness (QED) is 0.419. The number of phenolic OH excluding ortho intramolecular Hbond substituents is 1. The highest BCUT2D eigenvalue weighted by atomic mass is 31.1. The summed E-state index contributed by atoms with van der Waals surface area (Å²) in [5.41, 5.74) is 4.14. The molecule has 0 saturated heterocycles. The van der Waals surface area contributed by atoms with E-state index in [9.17, 15) is 29.5 Å². The highest BCUT2D eigenvalue weighted by Crippen LogP contribution is 2.34. The molecule has 1 amide bonds. The molecular formula is C24H31NO6P+. The molecule has 0 aliphatic heterocycles. The maximum atomic E-state index is 12.7. The van der Waals surface area contributed by atoms with E-state index in [4.69, 9.17) is 0 Å². The van der Waals surface area contributed by atoms with Crippen molar-refractivity contribution in [2.45, 2.75) is 58.8 Å². The van der Waals surface area contributed by atoms with Gasteiger partial charge in [-0.15, -0.1) is 0 Å². The molecule has 0 aliphatic rings. The van der Waals surface area contributed by atoms with Crippen molar-refractivity contribution in [3.05, 3.63) is 63.7 Å². The molecule has 0 fully saturated rings. The van der Waals surface area contributed by atoms with E-state index in [0.29, 0.717) is 12.0 Å². The van der Waals surface area contributed by atoms with Crippen LogP contribution in [0.25, 0.3) is 0 Å². The zero-order chi connectivity index (χ0) is 24.2. The van der Waals surface area contributed by atoms with Crippen LogP contribution in [-0.2, 0) is 21.1 Å². The largest absolute Gasteiger partial charge is 0.507 e. The van der Waals surface area contributed by atoms with E-state index in [2.05, 4.69) is 5.32 Å². The van der Waals surface area contributed by atoms with Crippen molar-refractivity contribution < 1.29 is 29.5 Å². The third-order valence-corrected chi connectivity index (χ3v) is 6.14. The molecule has 2 aromatic carbocycles. The van der Waals surface area contributed by atoms with Crippen molar-refractivity contribution in [2.24, 2.45) is 5.92 Å². The molecule has 3 unspecified atom stereocenters. The smallest absolute Gasteiger partial charge is 0.364 e. The molecule has 172 valence electrons. The summed E-state index contributed by atoms with van der Waals surface area (Å²) in [6, 6.07) is 7.23. The second-order valence-electron chi connectivity index (χ2n) is 8.78. The van der Waals surface area contributed by atoms with Gasteiger partial charge in [-0.3, -0.25) is 4.79 Å². The maximum absolute atomic E-state index is 12.7. The summed E-state index contributed by atoms with van der Waals surface area (Å²) in [5, 5.41) is 31.0. The van der Waals surface area contributed by atoms with Crippen molar-refractivity contribution >= 4 is 20.3 Å². The maximum Gasteiger partial charge on any atom is 0.364 e. The Morgan fingerprint density at radius 2 is 1.72 bits per heavy atom. The summed E-state index contributed by atoms with van der Waals surface area (Å²) in [4.78, 5) is 24.2. The number of amides is 1. The summed E-state index contributed by atoms with van der Waals surface area (Å²) in [6.07, 6.45) is 0.745. The van der Waals surface area contributed by atoms with Crippen LogP contribution in [0.15, 0.2) is 30.3 Å². The van der Waals surface area contributed by atoms with Gasteiger partial charge in [-0.25, -0.2) is 4.79 Å². The molecule has 0 saturated carbocycles. The monoisotopic (exact) mass is 460 g/mol. The molecule has 0 heterocycles. The Morgan fingerprint density at radius 1 is 1.12 bits per heavy atom. The summed E-state index contributed by atoms with van der Waals surface area (Å²) in [7, 11) is -0.896. The number of carboxylic acids is 1. The number of phenols is 1. The van der Waals surface area contributed by atoms with Gasteiger partial charge in [-0.1, -0.05) is 24.5 Å². The molecule has 0 spiro atoms. The first-order valence-corrected chi connectivity index (χ1v) is 11.3. The molecule has 32 heavy (non-hydrogen) atoms. The van der Waals surface area contributed by atoms with Crippen molar-refractivity contribution in [3.63, 3.8) is 0 Å². The van der Waals surface area contributed by atoms with Crippen LogP contribution in [0.3, 0.4) is 0 Å². The standard InChI is InChI=1S/C24H30NO6P/c1-13(2)8-20(23(28)29)25-22(27)19-12-16(6-7-21(19)26)11-18-14(3)9-17(10-15(18)4)24(5,30)32-31/h6-7,9-10,12-13,20,26,30H,8,11H2,1-5H3,(H,25,27)(H,28,29)/p+1.